The predicted molar refractivity (Wildman–Crippen MR) is 139 cm³/mol. The third-order valence-corrected chi connectivity index (χ3v) is 5.75. The Morgan fingerprint density at radius 2 is 1.23 bits per heavy atom. The number of oxazole rings is 2. The molecule has 170 valence electrons. The van der Waals surface area contributed by atoms with E-state index < -0.39 is 0 Å². The zero-order valence-electron chi connectivity index (χ0n) is 19.1. The summed E-state index contributed by atoms with van der Waals surface area (Å²) in [6.45, 7) is 2.57. The number of nitrogens with zero attached hydrogens (tertiary/aromatic N) is 2. The molecule has 0 fully saturated rings. The monoisotopic (exact) mass is 458 g/mol. The van der Waals surface area contributed by atoms with E-state index in [4.69, 9.17) is 13.6 Å². The highest BCUT2D eigenvalue weighted by Crippen LogP contribution is 2.28. The zero-order valence-corrected chi connectivity index (χ0v) is 19.1. The Hall–Kier alpha value is -4.64. The summed E-state index contributed by atoms with van der Waals surface area (Å²) in [5.74, 6) is 2.01. The van der Waals surface area contributed by atoms with Crippen molar-refractivity contribution in [3.8, 4) is 28.7 Å². The first-order valence-electron chi connectivity index (χ1n) is 11.5. The number of hydrogen-bond acceptors (Lipinski definition) is 5. The minimum atomic E-state index is 0.596. The van der Waals surface area contributed by atoms with E-state index in [2.05, 4.69) is 46.4 Å². The molecule has 0 amide bonds. The van der Waals surface area contributed by atoms with Gasteiger partial charge in [-0.1, -0.05) is 48.6 Å². The lowest BCUT2D eigenvalue weighted by atomic mass is 10.1. The summed E-state index contributed by atoms with van der Waals surface area (Å²) in [4.78, 5) is 9.16. The number of para-hydroxylation sites is 2. The van der Waals surface area contributed by atoms with Crippen LogP contribution in [0.3, 0.4) is 0 Å². The molecule has 4 aromatic carbocycles. The Kier molecular flexibility index (Phi) is 5.35. The highest BCUT2D eigenvalue weighted by Gasteiger charge is 2.10. The zero-order chi connectivity index (χ0) is 23.6. The standard InChI is InChI=1S/C30H22N2O3/c1-2-33-24-17-18-26-28(19-24)35-30(32-26)23-15-11-21(12-16-23)8-7-20-9-13-22(14-10-20)29-31-25-5-3-4-6-27(25)34-29/h3-19H,2H2,1H3. The van der Waals surface area contributed by atoms with Crippen molar-refractivity contribution in [2.24, 2.45) is 0 Å². The topological polar surface area (TPSA) is 61.3 Å². The van der Waals surface area contributed by atoms with Gasteiger partial charge in [0.05, 0.1) is 6.61 Å². The van der Waals surface area contributed by atoms with Crippen LogP contribution >= 0.6 is 0 Å². The summed E-state index contributed by atoms with van der Waals surface area (Å²) in [6.07, 6.45) is 4.16. The van der Waals surface area contributed by atoms with Gasteiger partial charge in [-0.2, -0.15) is 0 Å². The van der Waals surface area contributed by atoms with Crippen LogP contribution in [0.1, 0.15) is 18.1 Å². The molecule has 0 aliphatic heterocycles. The summed E-state index contributed by atoms with van der Waals surface area (Å²) in [5, 5.41) is 0. The molecule has 6 aromatic rings. The van der Waals surface area contributed by atoms with Crippen molar-refractivity contribution in [2.75, 3.05) is 6.61 Å². The average molecular weight is 459 g/mol. The lowest BCUT2D eigenvalue weighted by Crippen LogP contribution is -1.90. The lowest BCUT2D eigenvalue weighted by molar-refractivity contribution is 0.340. The number of rotatable bonds is 6. The van der Waals surface area contributed by atoms with Crippen molar-refractivity contribution in [3.05, 3.63) is 102 Å². The molecule has 0 spiro atoms. The van der Waals surface area contributed by atoms with Crippen LogP contribution in [0.25, 0.3) is 57.3 Å². The molecule has 2 heterocycles. The van der Waals surface area contributed by atoms with E-state index in [1.54, 1.807) is 0 Å². The summed E-state index contributed by atoms with van der Waals surface area (Å²) >= 11 is 0. The predicted octanol–water partition coefficient (Wildman–Crippen LogP) is 7.87. The fraction of sp³-hybridized carbons (Fsp3) is 0.0667. The number of fused-ring (bicyclic) bond motifs is 2. The first-order chi connectivity index (χ1) is 17.2. The van der Waals surface area contributed by atoms with Crippen LogP contribution in [0, 0.1) is 0 Å². The van der Waals surface area contributed by atoms with Crippen molar-refractivity contribution in [3.63, 3.8) is 0 Å². The molecule has 0 saturated heterocycles. The van der Waals surface area contributed by atoms with Gasteiger partial charge in [-0.15, -0.1) is 0 Å². The molecule has 0 saturated carbocycles. The van der Waals surface area contributed by atoms with Gasteiger partial charge in [-0.05, 0) is 66.6 Å². The van der Waals surface area contributed by atoms with E-state index in [-0.39, 0.29) is 0 Å². The van der Waals surface area contributed by atoms with Gasteiger partial charge in [-0.25, -0.2) is 9.97 Å². The Morgan fingerprint density at radius 1 is 0.657 bits per heavy atom. The van der Waals surface area contributed by atoms with E-state index in [9.17, 15) is 0 Å². The van der Waals surface area contributed by atoms with Crippen LogP contribution in [0.5, 0.6) is 5.75 Å². The number of aromatic nitrogens is 2. The summed E-state index contributed by atoms with van der Waals surface area (Å²) in [7, 11) is 0. The molecule has 35 heavy (non-hydrogen) atoms. The van der Waals surface area contributed by atoms with E-state index in [0.29, 0.717) is 18.4 Å². The molecule has 5 nitrogen and oxygen atoms in total. The van der Waals surface area contributed by atoms with Gasteiger partial charge in [0.2, 0.25) is 11.8 Å². The second kappa shape index (κ2) is 8.95. The molecule has 0 unspecified atom stereocenters. The number of benzene rings is 4. The first kappa shape index (κ1) is 20.9. The number of hydrogen-bond donors (Lipinski definition) is 0. The molecular weight excluding hydrogens is 436 g/mol. The molecule has 0 N–H and O–H groups in total. The third kappa shape index (κ3) is 4.32. The SMILES string of the molecule is CCOc1ccc2nc(-c3ccc(C=Cc4ccc(-c5nc6ccccc6o5)cc4)cc3)oc2c1. The normalized spacial score (nSPS) is 11.6. The van der Waals surface area contributed by atoms with Gasteiger partial charge in [0, 0.05) is 17.2 Å². The van der Waals surface area contributed by atoms with Crippen LogP contribution in [-0.4, -0.2) is 16.6 Å². The third-order valence-electron chi connectivity index (χ3n) is 5.75. The highest BCUT2D eigenvalue weighted by atomic mass is 16.5. The van der Waals surface area contributed by atoms with E-state index in [1.807, 2.05) is 73.7 Å². The smallest absolute Gasteiger partial charge is 0.227 e. The van der Waals surface area contributed by atoms with Gasteiger partial charge < -0.3 is 13.6 Å². The molecule has 5 heteroatoms. The maximum absolute atomic E-state index is 5.96. The van der Waals surface area contributed by atoms with Crippen molar-refractivity contribution >= 4 is 34.4 Å². The van der Waals surface area contributed by atoms with E-state index in [0.717, 1.165) is 50.2 Å². The molecule has 0 aliphatic rings. The summed E-state index contributed by atoms with van der Waals surface area (Å²) in [5.41, 5.74) is 7.26. The summed E-state index contributed by atoms with van der Waals surface area (Å²) < 4.78 is 17.4. The quantitative estimate of drug-likeness (QED) is 0.238. The van der Waals surface area contributed by atoms with Crippen LogP contribution in [0.4, 0.5) is 0 Å². The number of ether oxygens (including phenoxy) is 1. The maximum atomic E-state index is 5.96. The highest BCUT2D eigenvalue weighted by molar-refractivity contribution is 5.79. The van der Waals surface area contributed by atoms with Crippen LogP contribution in [0.15, 0.2) is 99.8 Å². The molecule has 2 aromatic heterocycles. The lowest BCUT2D eigenvalue weighted by Gasteiger charge is -2.00. The van der Waals surface area contributed by atoms with Crippen LogP contribution in [0.2, 0.25) is 0 Å². The fourth-order valence-corrected chi connectivity index (χ4v) is 3.95. The minimum Gasteiger partial charge on any atom is -0.494 e. The van der Waals surface area contributed by atoms with Crippen molar-refractivity contribution in [1.82, 2.24) is 9.97 Å². The summed E-state index contributed by atoms with van der Waals surface area (Å²) in [6, 6.07) is 29.8. The molecule has 0 atom stereocenters. The second-order valence-corrected chi connectivity index (χ2v) is 8.15. The van der Waals surface area contributed by atoms with Crippen molar-refractivity contribution in [2.45, 2.75) is 6.92 Å². The van der Waals surface area contributed by atoms with Crippen molar-refractivity contribution < 1.29 is 13.6 Å². The maximum Gasteiger partial charge on any atom is 0.227 e. The van der Waals surface area contributed by atoms with Gasteiger partial charge in [0.15, 0.2) is 11.2 Å². The van der Waals surface area contributed by atoms with Gasteiger partial charge in [0.1, 0.15) is 16.8 Å². The Bertz CT molecular complexity index is 1610. The first-order valence-corrected chi connectivity index (χ1v) is 11.5. The van der Waals surface area contributed by atoms with Crippen LogP contribution < -0.4 is 4.74 Å². The molecular formula is C30H22N2O3. The Morgan fingerprint density at radius 3 is 1.83 bits per heavy atom. The molecule has 0 radical (unpaired) electrons. The van der Waals surface area contributed by atoms with E-state index in [1.165, 1.54) is 0 Å². The molecule has 6 rings (SSSR count). The second-order valence-electron chi connectivity index (χ2n) is 8.15. The van der Waals surface area contributed by atoms with Crippen LogP contribution in [-0.2, 0) is 0 Å². The van der Waals surface area contributed by atoms with E-state index >= 15 is 0 Å². The Balaban J connectivity index is 1.17. The minimum absolute atomic E-state index is 0.596. The fourth-order valence-electron chi connectivity index (χ4n) is 3.95. The largest absolute Gasteiger partial charge is 0.494 e. The van der Waals surface area contributed by atoms with Gasteiger partial charge >= 0.3 is 0 Å². The van der Waals surface area contributed by atoms with Gasteiger partial charge in [0.25, 0.3) is 0 Å². The molecule has 0 bridgehead atoms. The Labute approximate surface area is 202 Å². The van der Waals surface area contributed by atoms with Gasteiger partial charge in [-0.3, -0.25) is 0 Å². The average Bonchev–Trinajstić information content (AvgIpc) is 3.52. The molecule has 0 aliphatic carbocycles. The van der Waals surface area contributed by atoms with Crippen molar-refractivity contribution in [1.29, 1.82) is 0 Å².